The maximum absolute atomic E-state index is 12.6. The summed E-state index contributed by atoms with van der Waals surface area (Å²) >= 11 is 6.18. The highest BCUT2D eigenvalue weighted by Crippen LogP contribution is 2.19. The highest BCUT2D eigenvalue weighted by molar-refractivity contribution is 6.32. The van der Waals surface area contributed by atoms with Gasteiger partial charge in [0.05, 0.1) is 22.5 Å². The van der Waals surface area contributed by atoms with Crippen molar-refractivity contribution in [1.82, 2.24) is 19.6 Å². The standard InChI is InChI=1S/C18H19ClN4O/c1-2-3-8-21-9-11-22(12-10-21)18(24)15-13-20-23(14-15)17-7-5-4-6-16(17)19/h1,4-7,13-14H,3,8-12H2. The third-order valence-corrected chi connectivity index (χ3v) is 4.48. The van der Waals surface area contributed by atoms with Crippen LogP contribution in [0.2, 0.25) is 5.02 Å². The molecule has 3 rings (SSSR count). The fourth-order valence-electron chi connectivity index (χ4n) is 2.78. The van der Waals surface area contributed by atoms with Gasteiger partial charge < -0.3 is 4.90 Å². The SMILES string of the molecule is C#CCCN1CCN(C(=O)c2cnn(-c3ccccc3Cl)c2)CC1. The van der Waals surface area contributed by atoms with E-state index >= 15 is 0 Å². The van der Waals surface area contributed by atoms with E-state index in [9.17, 15) is 4.79 Å². The number of para-hydroxylation sites is 1. The minimum atomic E-state index is 0.00454. The number of nitrogens with zero attached hydrogens (tertiary/aromatic N) is 4. The summed E-state index contributed by atoms with van der Waals surface area (Å²) in [6.07, 6.45) is 9.37. The van der Waals surface area contributed by atoms with Crippen LogP contribution in [-0.4, -0.2) is 58.2 Å². The number of hydrogen-bond donors (Lipinski definition) is 0. The molecule has 0 atom stereocenters. The van der Waals surface area contributed by atoms with E-state index in [4.69, 9.17) is 18.0 Å². The number of benzene rings is 1. The molecule has 6 heteroatoms. The summed E-state index contributed by atoms with van der Waals surface area (Å²) < 4.78 is 1.64. The van der Waals surface area contributed by atoms with E-state index in [-0.39, 0.29) is 5.91 Å². The molecular formula is C18H19ClN4O. The number of hydrogen-bond acceptors (Lipinski definition) is 3. The molecule has 0 N–H and O–H groups in total. The van der Waals surface area contributed by atoms with Crippen molar-refractivity contribution in [3.8, 4) is 18.0 Å². The van der Waals surface area contributed by atoms with E-state index in [1.165, 1.54) is 0 Å². The summed E-state index contributed by atoms with van der Waals surface area (Å²) in [6, 6.07) is 7.42. The third-order valence-electron chi connectivity index (χ3n) is 4.16. The van der Waals surface area contributed by atoms with E-state index in [0.717, 1.165) is 31.7 Å². The lowest BCUT2D eigenvalue weighted by Gasteiger charge is -2.34. The molecule has 5 nitrogen and oxygen atoms in total. The Morgan fingerprint density at radius 1 is 1.25 bits per heavy atom. The van der Waals surface area contributed by atoms with Crippen molar-refractivity contribution in [2.75, 3.05) is 32.7 Å². The normalized spacial score (nSPS) is 15.2. The van der Waals surface area contributed by atoms with Gasteiger partial charge in [-0.1, -0.05) is 23.7 Å². The number of terminal acetylenes is 1. The molecule has 0 saturated carbocycles. The molecular weight excluding hydrogens is 324 g/mol. The molecule has 1 aromatic heterocycles. The molecule has 1 amide bonds. The largest absolute Gasteiger partial charge is 0.336 e. The van der Waals surface area contributed by atoms with Crippen LogP contribution in [0.4, 0.5) is 0 Å². The number of piperazine rings is 1. The van der Waals surface area contributed by atoms with Crippen LogP contribution >= 0.6 is 11.6 Å². The number of halogens is 1. The maximum atomic E-state index is 12.6. The van der Waals surface area contributed by atoms with Crippen molar-refractivity contribution in [3.63, 3.8) is 0 Å². The Labute approximate surface area is 146 Å². The highest BCUT2D eigenvalue weighted by Gasteiger charge is 2.23. The van der Waals surface area contributed by atoms with Gasteiger partial charge in [-0.05, 0) is 12.1 Å². The van der Waals surface area contributed by atoms with Gasteiger partial charge in [-0.2, -0.15) is 5.10 Å². The second kappa shape index (κ2) is 7.52. The van der Waals surface area contributed by atoms with E-state index in [1.807, 2.05) is 23.1 Å². The van der Waals surface area contributed by atoms with Crippen LogP contribution in [0.3, 0.4) is 0 Å². The molecule has 0 spiro atoms. The molecule has 0 unspecified atom stereocenters. The lowest BCUT2D eigenvalue weighted by molar-refractivity contribution is 0.0640. The molecule has 124 valence electrons. The first-order valence-corrected chi connectivity index (χ1v) is 8.31. The summed E-state index contributed by atoms with van der Waals surface area (Å²) in [4.78, 5) is 16.8. The number of carbonyl (C=O) groups is 1. The Morgan fingerprint density at radius 3 is 2.71 bits per heavy atom. The number of amides is 1. The molecule has 2 aromatic rings. The predicted molar refractivity (Wildman–Crippen MR) is 94.4 cm³/mol. The summed E-state index contributed by atoms with van der Waals surface area (Å²) in [5.41, 5.74) is 1.34. The van der Waals surface area contributed by atoms with Crippen LogP contribution < -0.4 is 0 Å². The van der Waals surface area contributed by atoms with Crippen LogP contribution in [0.15, 0.2) is 36.7 Å². The zero-order valence-corrected chi connectivity index (χ0v) is 14.1. The average Bonchev–Trinajstić information content (AvgIpc) is 3.10. The van der Waals surface area contributed by atoms with Crippen molar-refractivity contribution < 1.29 is 4.79 Å². The zero-order valence-electron chi connectivity index (χ0n) is 13.4. The van der Waals surface area contributed by atoms with Gasteiger partial charge in [0.25, 0.3) is 5.91 Å². The van der Waals surface area contributed by atoms with Gasteiger partial charge >= 0.3 is 0 Å². The van der Waals surface area contributed by atoms with Crippen molar-refractivity contribution in [3.05, 3.63) is 47.2 Å². The maximum Gasteiger partial charge on any atom is 0.257 e. The molecule has 1 aliphatic heterocycles. The second-order valence-corrected chi connectivity index (χ2v) is 6.12. The van der Waals surface area contributed by atoms with Gasteiger partial charge in [-0.25, -0.2) is 4.68 Å². The van der Waals surface area contributed by atoms with E-state index in [1.54, 1.807) is 23.1 Å². The molecule has 1 aromatic carbocycles. The zero-order chi connectivity index (χ0) is 16.9. The first kappa shape index (κ1) is 16.6. The Balaban J connectivity index is 1.65. The molecule has 0 radical (unpaired) electrons. The lowest BCUT2D eigenvalue weighted by atomic mass is 10.2. The minimum Gasteiger partial charge on any atom is -0.336 e. The van der Waals surface area contributed by atoms with Crippen LogP contribution in [0.25, 0.3) is 5.69 Å². The lowest BCUT2D eigenvalue weighted by Crippen LogP contribution is -2.48. The van der Waals surface area contributed by atoms with Crippen molar-refractivity contribution in [2.24, 2.45) is 0 Å². The highest BCUT2D eigenvalue weighted by atomic mass is 35.5. The molecule has 24 heavy (non-hydrogen) atoms. The topological polar surface area (TPSA) is 41.4 Å². The smallest absolute Gasteiger partial charge is 0.257 e. The van der Waals surface area contributed by atoms with E-state index in [0.29, 0.717) is 23.7 Å². The van der Waals surface area contributed by atoms with E-state index in [2.05, 4.69) is 15.9 Å². The van der Waals surface area contributed by atoms with Gasteiger partial charge in [-0.3, -0.25) is 9.69 Å². The van der Waals surface area contributed by atoms with Crippen molar-refractivity contribution in [2.45, 2.75) is 6.42 Å². The van der Waals surface area contributed by atoms with Crippen LogP contribution in [0, 0.1) is 12.3 Å². The summed E-state index contributed by atoms with van der Waals surface area (Å²) in [5.74, 6) is 2.66. The van der Waals surface area contributed by atoms with Crippen LogP contribution in [0.1, 0.15) is 16.8 Å². The summed E-state index contributed by atoms with van der Waals surface area (Å²) in [5, 5.41) is 4.87. The minimum absolute atomic E-state index is 0.00454. The summed E-state index contributed by atoms with van der Waals surface area (Å²) in [6.45, 7) is 4.02. The number of rotatable bonds is 4. The van der Waals surface area contributed by atoms with Gasteiger partial charge in [0, 0.05) is 45.3 Å². The average molecular weight is 343 g/mol. The molecule has 0 bridgehead atoms. The quantitative estimate of drug-likeness (QED) is 0.801. The molecule has 1 fully saturated rings. The summed E-state index contributed by atoms with van der Waals surface area (Å²) in [7, 11) is 0. The van der Waals surface area contributed by atoms with Gasteiger partial charge in [-0.15, -0.1) is 12.3 Å². The Bertz CT molecular complexity index is 756. The van der Waals surface area contributed by atoms with Crippen LogP contribution in [-0.2, 0) is 0 Å². The second-order valence-electron chi connectivity index (χ2n) is 5.71. The Morgan fingerprint density at radius 2 is 2.00 bits per heavy atom. The Kier molecular flexibility index (Phi) is 5.19. The van der Waals surface area contributed by atoms with Crippen molar-refractivity contribution >= 4 is 17.5 Å². The van der Waals surface area contributed by atoms with E-state index < -0.39 is 0 Å². The molecule has 1 aliphatic rings. The Hall–Kier alpha value is -2.29. The number of aromatic nitrogens is 2. The van der Waals surface area contributed by atoms with Gasteiger partial charge in [0.15, 0.2) is 0 Å². The first-order valence-electron chi connectivity index (χ1n) is 7.93. The first-order chi connectivity index (χ1) is 11.7. The monoisotopic (exact) mass is 342 g/mol. The molecule has 1 saturated heterocycles. The predicted octanol–water partition coefficient (Wildman–Crippen LogP) is 2.31. The van der Waals surface area contributed by atoms with Crippen molar-refractivity contribution in [1.29, 1.82) is 0 Å². The third kappa shape index (κ3) is 3.61. The molecule has 0 aliphatic carbocycles. The molecule has 2 heterocycles. The fourth-order valence-corrected chi connectivity index (χ4v) is 3.00. The fraction of sp³-hybridized carbons (Fsp3) is 0.333. The van der Waals surface area contributed by atoms with Crippen LogP contribution in [0.5, 0.6) is 0 Å². The van der Waals surface area contributed by atoms with Gasteiger partial charge in [0.1, 0.15) is 0 Å². The van der Waals surface area contributed by atoms with Gasteiger partial charge in [0.2, 0.25) is 0 Å². The number of carbonyl (C=O) groups excluding carboxylic acids is 1.